The fourth-order valence-electron chi connectivity index (χ4n) is 1.95. The van der Waals surface area contributed by atoms with Crippen molar-refractivity contribution in [2.75, 3.05) is 30.0 Å². The average molecular weight is 221 g/mol. The molecule has 1 heterocycles. The summed E-state index contributed by atoms with van der Waals surface area (Å²) in [6, 6.07) is 1.87. The van der Waals surface area contributed by atoms with Gasteiger partial charge in [0.1, 0.15) is 11.6 Å². The summed E-state index contributed by atoms with van der Waals surface area (Å²) in [6.45, 7) is 3.25. The SMILES string of the molecule is CNc1cc(NCC2(C)CCC2)nc(N)n1. The molecule has 1 aromatic rings. The van der Waals surface area contributed by atoms with E-state index in [4.69, 9.17) is 5.73 Å². The molecule has 88 valence electrons. The predicted octanol–water partition coefficient (Wildman–Crippen LogP) is 1.70. The Morgan fingerprint density at radius 1 is 1.38 bits per heavy atom. The normalized spacial score (nSPS) is 17.6. The van der Waals surface area contributed by atoms with Gasteiger partial charge in [0, 0.05) is 19.7 Å². The van der Waals surface area contributed by atoms with Gasteiger partial charge in [-0.2, -0.15) is 9.97 Å². The van der Waals surface area contributed by atoms with Crippen molar-refractivity contribution < 1.29 is 0 Å². The molecule has 0 spiro atoms. The summed E-state index contributed by atoms with van der Waals surface area (Å²) in [5.41, 5.74) is 6.05. The molecule has 0 amide bonds. The number of nitrogens with two attached hydrogens (primary N) is 1. The average Bonchev–Trinajstić information content (AvgIpc) is 2.23. The molecule has 1 saturated carbocycles. The zero-order valence-electron chi connectivity index (χ0n) is 9.88. The lowest BCUT2D eigenvalue weighted by atomic mass is 9.70. The lowest BCUT2D eigenvalue weighted by Gasteiger charge is -2.38. The monoisotopic (exact) mass is 221 g/mol. The molecule has 0 radical (unpaired) electrons. The molecule has 1 aliphatic carbocycles. The Morgan fingerprint density at radius 2 is 2.06 bits per heavy atom. The van der Waals surface area contributed by atoms with E-state index in [9.17, 15) is 0 Å². The molecule has 1 aliphatic rings. The maximum Gasteiger partial charge on any atom is 0.223 e. The van der Waals surface area contributed by atoms with E-state index in [0.29, 0.717) is 11.4 Å². The first-order chi connectivity index (χ1) is 7.61. The predicted molar refractivity (Wildman–Crippen MR) is 66.4 cm³/mol. The van der Waals surface area contributed by atoms with Crippen LogP contribution in [0.25, 0.3) is 0 Å². The van der Waals surface area contributed by atoms with Crippen molar-refractivity contribution >= 4 is 17.6 Å². The molecule has 1 aromatic heterocycles. The van der Waals surface area contributed by atoms with Crippen LogP contribution in [0.3, 0.4) is 0 Å². The Hall–Kier alpha value is -1.52. The Kier molecular flexibility index (Phi) is 2.85. The Morgan fingerprint density at radius 3 is 2.62 bits per heavy atom. The van der Waals surface area contributed by atoms with Crippen molar-refractivity contribution in [3.63, 3.8) is 0 Å². The second kappa shape index (κ2) is 4.15. The van der Waals surface area contributed by atoms with Gasteiger partial charge >= 0.3 is 0 Å². The van der Waals surface area contributed by atoms with Crippen LogP contribution in [0.15, 0.2) is 6.07 Å². The summed E-state index contributed by atoms with van der Waals surface area (Å²) >= 11 is 0. The van der Waals surface area contributed by atoms with Crippen LogP contribution in [0.1, 0.15) is 26.2 Å². The number of nitrogens with zero attached hydrogens (tertiary/aromatic N) is 2. The maximum absolute atomic E-state index is 5.62. The first-order valence-corrected chi connectivity index (χ1v) is 5.67. The summed E-state index contributed by atoms with van der Waals surface area (Å²) in [7, 11) is 1.82. The number of rotatable bonds is 4. The van der Waals surface area contributed by atoms with Gasteiger partial charge in [0.15, 0.2) is 0 Å². The lowest BCUT2D eigenvalue weighted by Crippen LogP contribution is -2.33. The zero-order valence-corrected chi connectivity index (χ0v) is 9.88. The number of nitrogen functional groups attached to an aromatic ring is 1. The van der Waals surface area contributed by atoms with Gasteiger partial charge < -0.3 is 16.4 Å². The Bertz CT molecular complexity index is 373. The van der Waals surface area contributed by atoms with E-state index in [2.05, 4.69) is 27.5 Å². The van der Waals surface area contributed by atoms with E-state index < -0.39 is 0 Å². The van der Waals surface area contributed by atoms with Gasteiger partial charge in [-0.15, -0.1) is 0 Å². The van der Waals surface area contributed by atoms with Crippen molar-refractivity contribution in [2.45, 2.75) is 26.2 Å². The molecular weight excluding hydrogens is 202 g/mol. The quantitative estimate of drug-likeness (QED) is 0.721. The molecular formula is C11H19N5. The highest BCUT2D eigenvalue weighted by Crippen LogP contribution is 2.40. The first-order valence-electron chi connectivity index (χ1n) is 5.67. The van der Waals surface area contributed by atoms with Crippen molar-refractivity contribution in [3.8, 4) is 0 Å². The summed E-state index contributed by atoms with van der Waals surface area (Å²) in [4.78, 5) is 8.21. The summed E-state index contributed by atoms with van der Waals surface area (Å²) in [5.74, 6) is 1.84. The molecule has 5 heteroatoms. The van der Waals surface area contributed by atoms with Crippen LogP contribution in [-0.2, 0) is 0 Å². The van der Waals surface area contributed by atoms with E-state index in [0.717, 1.165) is 18.2 Å². The van der Waals surface area contributed by atoms with Crippen molar-refractivity contribution in [1.29, 1.82) is 0 Å². The molecule has 16 heavy (non-hydrogen) atoms. The standard InChI is InChI=1S/C11H19N5/c1-11(4-3-5-11)7-14-9-6-8(13-2)15-10(12)16-9/h6H,3-5,7H2,1-2H3,(H4,12,13,14,15,16). The van der Waals surface area contributed by atoms with E-state index in [1.807, 2.05) is 13.1 Å². The number of nitrogens with one attached hydrogen (secondary N) is 2. The fourth-order valence-corrected chi connectivity index (χ4v) is 1.95. The smallest absolute Gasteiger partial charge is 0.223 e. The number of aromatic nitrogens is 2. The summed E-state index contributed by atoms with van der Waals surface area (Å²) < 4.78 is 0. The van der Waals surface area contributed by atoms with Crippen molar-refractivity contribution in [1.82, 2.24) is 9.97 Å². The minimum Gasteiger partial charge on any atom is -0.373 e. The largest absolute Gasteiger partial charge is 0.373 e. The molecule has 0 atom stereocenters. The van der Waals surface area contributed by atoms with E-state index >= 15 is 0 Å². The zero-order chi connectivity index (χ0) is 11.6. The number of anilines is 3. The Balaban J connectivity index is 2.00. The fraction of sp³-hybridized carbons (Fsp3) is 0.636. The van der Waals surface area contributed by atoms with Gasteiger partial charge in [-0.25, -0.2) is 0 Å². The Labute approximate surface area is 95.9 Å². The third-order valence-corrected chi connectivity index (χ3v) is 3.26. The maximum atomic E-state index is 5.62. The van der Waals surface area contributed by atoms with E-state index in [-0.39, 0.29) is 0 Å². The second-order valence-corrected chi connectivity index (χ2v) is 4.76. The minimum atomic E-state index is 0.299. The number of hydrogen-bond acceptors (Lipinski definition) is 5. The molecule has 0 aliphatic heterocycles. The second-order valence-electron chi connectivity index (χ2n) is 4.76. The highest BCUT2D eigenvalue weighted by atomic mass is 15.1. The van der Waals surface area contributed by atoms with Gasteiger partial charge in [0.2, 0.25) is 5.95 Å². The van der Waals surface area contributed by atoms with Gasteiger partial charge in [0.05, 0.1) is 0 Å². The third kappa shape index (κ3) is 2.35. The van der Waals surface area contributed by atoms with Crippen LogP contribution in [0.2, 0.25) is 0 Å². The minimum absolute atomic E-state index is 0.299. The van der Waals surface area contributed by atoms with Gasteiger partial charge in [-0.05, 0) is 18.3 Å². The molecule has 0 saturated heterocycles. The molecule has 1 fully saturated rings. The summed E-state index contributed by atoms with van der Waals surface area (Å²) in [6.07, 6.45) is 3.92. The van der Waals surface area contributed by atoms with E-state index in [1.165, 1.54) is 19.3 Å². The molecule has 4 N–H and O–H groups in total. The van der Waals surface area contributed by atoms with Gasteiger partial charge in [0.25, 0.3) is 0 Å². The number of hydrogen-bond donors (Lipinski definition) is 3. The highest BCUT2D eigenvalue weighted by Gasteiger charge is 2.31. The van der Waals surface area contributed by atoms with Gasteiger partial charge in [-0.3, -0.25) is 0 Å². The first kappa shape index (κ1) is 11.0. The van der Waals surface area contributed by atoms with Crippen LogP contribution in [0.4, 0.5) is 17.6 Å². The highest BCUT2D eigenvalue weighted by molar-refractivity contribution is 5.50. The van der Waals surface area contributed by atoms with Crippen LogP contribution >= 0.6 is 0 Å². The third-order valence-electron chi connectivity index (χ3n) is 3.26. The van der Waals surface area contributed by atoms with Crippen molar-refractivity contribution in [3.05, 3.63) is 6.07 Å². The van der Waals surface area contributed by atoms with Gasteiger partial charge in [-0.1, -0.05) is 13.3 Å². The molecule has 0 bridgehead atoms. The van der Waals surface area contributed by atoms with Crippen LogP contribution in [-0.4, -0.2) is 23.6 Å². The lowest BCUT2D eigenvalue weighted by molar-refractivity contribution is 0.180. The molecule has 0 aromatic carbocycles. The van der Waals surface area contributed by atoms with Crippen LogP contribution in [0.5, 0.6) is 0 Å². The topological polar surface area (TPSA) is 75.9 Å². The summed E-state index contributed by atoms with van der Waals surface area (Å²) in [5, 5.41) is 6.29. The van der Waals surface area contributed by atoms with Crippen molar-refractivity contribution in [2.24, 2.45) is 5.41 Å². The molecule has 2 rings (SSSR count). The van der Waals surface area contributed by atoms with Crippen LogP contribution in [0, 0.1) is 5.41 Å². The van der Waals surface area contributed by atoms with Crippen LogP contribution < -0.4 is 16.4 Å². The van der Waals surface area contributed by atoms with E-state index in [1.54, 1.807) is 0 Å². The molecule has 0 unspecified atom stereocenters. The molecule has 5 nitrogen and oxygen atoms in total.